The highest BCUT2D eigenvalue weighted by Gasteiger charge is 2.19. The lowest BCUT2D eigenvalue weighted by Gasteiger charge is -2.04. The third kappa shape index (κ3) is 2.20. The Hall–Kier alpha value is -2.14. The molecule has 0 aliphatic carbocycles. The highest BCUT2D eigenvalue weighted by atomic mass is 32.1. The molecule has 0 radical (unpaired) electrons. The van der Waals surface area contributed by atoms with E-state index in [0.717, 1.165) is 29.4 Å². The number of aryl methyl sites for hydroxylation is 1. The van der Waals surface area contributed by atoms with E-state index < -0.39 is 0 Å². The fourth-order valence-electron chi connectivity index (χ4n) is 2.21. The summed E-state index contributed by atoms with van der Waals surface area (Å²) in [6.07, 6.45) is 3.46. The fraction of sp³-hybridized carbons (Fsp3) is 0.200. The molecular formula is C15H13N3OS. The Kier molecular flexibility index (Phi) is 3.52. The van der Waals surface area contributed by atoms with Crippen molar-refractivity contribution in [2.75, 3.05) is 0 Å². The van der Waals surface area contributed by atoms with E-state index in [2.05, 4.69) is 21.5 Å². The predicted octanol–water partition coefficient (Wildman–Crippen LogP) is 3.27. The first-order chi connectivity index (χ1) is 9.81. The molecular weight excluding hydrogens is 270 g/mol. The van der Waals surface area contributed by atoms with Gasteiger partial charge in [0.25, 0.3) is 0 Å². The summed E-state index contributed by atoms with van der Waals surface area (Å²) in [6.45, 7) is 2.06. The Morgan fingerprint density at radius 1 is 1.25 bits per heavy atom. The molecule has 1 aromatic carbocycles. The third-order valence-corrected chi connectivity index (χ3v) is 3.91. The molecule has 0 amide bonds. The average molecular weight is 283 g/mol. The van der Waals surface area contributed by atoms with Gasteiger partial charge in [-0.25, -0.2) is 0 Å². The topological polar surface area (TPSA) is 55.7 Å². The number of rotatable bonds is 4. The first kappa shape index (κ1) is 12.9. The molecule has 0 saturated carbocycles. The van der Waals surface area contributed by atoms with Crippen molar-refractivity contribution in [3.63, 3.8) is 0 Å². The SMILES string of the molecule is CCCc1nnsc1C(=O)c1cccc2ncccc12. The minimum absolute atomic E-state index is 0.0120. The number of aromatic nitrogens is 3. The normalized spacial score (nSPS) is 10.8. The number of ketones is 1. The van der Waals surface area contributed by atoms with Crippen molar-refractivity contribution in [3.8, 4) is 0 Å². The number of hydrogen-bond donors (Lipinski definition) is 0. The van der Waals surface area contributed by atoms with E-state index in [1.165, 1.54) is 11.5 Å². The third-order valence-electron chi connectivity index (χ3n) is 3.14. The van der Waals surface area contributed by atoms with E-state index >= 15 is 0 Å². The summed E-state index contributed by atoms with van der Waals surface area (Å²) in [5.41, 5.74) is 2.29. The summed E-state index contributed by atoms with van der Waals surface area (Å²) in [7, 11) is 0. The van der Waals surface area contributed by atoms with Gasteiger partial charge in [0.1, 0.15) is 4.88 Å². The van der Waals surface area contributed by atoms with Gasteiger partial charge in [-0.05, 0) is 30.1 Å². The molecule has 0 saturated heterocycles. The van der Waals surface area contributed by atoms with Gasteiger partial charge in [-0.15, -0.1) is 5.10 Å². The van der Waals surface area contributed by atoms with Crippen molar-refractivity contribution in [1.29, 1.82) is 0 Å². The number of pyridine rings is 1. The molecule has 3 rings (SSSR count). The van der Waals surface area contributed by atoms with Gasteiger partial charge in [-0.3, -0.25) is 9.78 Å². The van der Waals surface area contributed by atoms with Crippen LogP contribution in [0.3, 0.4) is 0 Å². The molecule has 0 atom stereocenters. The quantitative estimate of drug-likeness (QED) is 0.690. The minimum Gasteiger partial charge on any atom is -0.288 e. The van der Waals surface area contributed by atoms with Crippen LogP contribution in [0.5, 0.6) is 0 Å². The molecule has 0 unspecified atom stereocenters. The average Bonchev–Trinajstić information content (AvgIpc) is 2.94. The fourth-order valence-corrected chi connectivity index (χ4v) is 2.87. The zero-order valence-electron chi connectivity index (χ0n) is 11.0. The minimum atomic E-state index is -0.0120. The van der Waals surface area contributed by atoms with Crippen LogP contribution in [0.2, 0.25) is 0 Å². The van der Waals surface area contributed by atoms with E-state index in [0.29, 0.717) is 10.4 Å². The van der Waals surface area contributed by atoms with E-state index in [1.54, 1.807) is 6.20 Å². The summed E-state index contributed by atoms with van der Waals surface area (Å²) in [5, 5.41) is 4.94. The zero-order valence-corrected chi connectivity index (χ0v) is 11.9. The van der Waals surface area contributed by atoms with Crippen LogP contribution in [0.25, 0.3) is 10.9 Å². The second kappa shape index (κ2) is 5.46. The van der Waals surface area contributed by atoms with E-state index in [1.807, 2.05) is 30.3 Å². The number of carbonyl (C=O) groups is 1. The van der Waals surface area contributed by atoms with Crippen molar-refractivity contribution in [2.45, 2.75) is 19.8 Å². The van der Waals surface area contributed by atoms with Crippen LogP contribution in [0, 0.1) is 0 Å². The number of carbonyl (C=O) groups excluding carboxylic acids is 1. The van der Waals surface area contributed by atoms with Crippen molar-refractivity contribution in [2.24, 2.45) is 0 Å². The maximum absolute atomic E-state index is 12.7. The molecule has 0 fully saturated rings. The van der Waals surface area contributed by atoms with Gasteiger partial charge < -0.3 is 0 Å². The van der Waals surface area contributed by atoms with Crippen LogP contribution in [-0.2, 0) is 6.42 Å². The van der Waals surface area contributed by atoms with E-state index in [9.17, 15) is 4.79 Å². The van der Waals surface area contributed by atoms with Crippen LogP contribution in [0.15, 0.2) is 36.5 Å². The zero-order chi connectivity index (χ0) is 13.9. The molecule has 0 aliphatic heterocycles. The highest BCUT2D eigenvalue weighted by Crippen LogP contribution is 2.23. The smallest absolute Gasteiger partial charge is 0.207 e. The molecule has 2 heterocycles. The van der Waals surface area contributed by atoms with Crippen LogP contribution in [0.4, 0.5) is 0 Å². The van der Waals surface area contributed by atoms with E-state index in [-0.39, 0.29) is 5.78 Å². The van der Waals surface area contributed by atoms with Crippen molar-refractivity contribution in [1.82, 2.24) is 14.6 Å². The predicted molar refractivity (Wildman–Crippen MR) is 79.1 cm³/mol. The van der Waals surface area contributed by atoms with Gasteiger partial charge in [-0.1, -0.05) is 36.0 Å². The first-order valence-corrected chi connectivity index (χ1v) is 7.28. The highest BCUT2D eigenvalue weighted by molar-refractivity contribution is 7.08. The Balaban J connectivity index is 2.11. The molecule has 0 spiro atoms. The molecule has 3 aromatic rings. The molecule has 2 aromatic heterocycles. The van der Waals surface area contributed by atoms with Gasteiger partial charge in [0.2, 0.25) is 5.78 Å². The number of hydrogen-bond acceptors (Lipinski definition) is 5. The number of nitrogens with zero attached hydrogens (tertiary/aromatic N) is 3. The lowest BCUT2D eigenvalue weighted by Crippen LogP contribution is -2.04. The van der Waals surface area contributed by atoms with Gasteiger partial charge in [0.15, 0.2) is 0 Å². The van der Waals surface area contributed by atoms with Crippen molar-refractivity contribution in [3.05, 3.63) is 52.7 Å². The standard InChI is InChI=1S/C15H13N3OS/c1-2-5-13-15(20-18-17-13)14(19)11-6-3-8-12-10(11)7-4-9-16-12/h3-4,6-9H,2,5H2,1H3. The Labute approximate surface area is 120 Å². The van der Waals surface area contributed by atoms with Gasteiger partial charge in [0, 0.05) is 17.1 Å². The Bertz CT molecular complexity index is 761. The summed E-state index contributed by atoms with van der Waals surface area (Å²) in [6, 6.07) is 9.36. The molecule has 0 bridgehead atoms. The second-order valence-corrected chi connectivity index (χ2v) is 5.26. The first-order valence-electron chi connectivity index (χ1n) is 6.51. The summed E-state index contributed by atoms with van der Waals surface area (Å²) >= 11 is 1.17. The molecule has 20 heavy (non-hydrogen) atoms. The summed E-state index contributed by atoms with van der Waals surface area (Å²) in [5.74, 6) is -0.0120. The molecule has 5 heteroatoms. The van der Waals surface area contributed by atoms with E-state index in [4.69, 9.17) is 0 Å². The maximum atomic E-state index is 12.7. The molecule has 100 valence electrons. The van der Waals surface area contributed by atoms with Gasteiger partial charge >= 0.3 is 0 Å². The van der Waals surface area contributed by atoms with Gasteiger partial charge in [-0.2, -0.15) is 0 Å². The van der Waals surface area contributed by atoms with Crippen LogP contribution in [-0.4, -0.2) is 20.4 Å². The van der Waals surface area contributed by atoms with Crippen LogP contribution >= 0.6 is 11.5 Å². The summed E-state index contributed by atoms with van der Waals surface area (Å²) in [4.78, 5) is 17.6. The molecule has 0 N–H and O–H groups in total. The lowest BCUT2D eigenvalue weighted by atomic mass is 10.0. The Morgan fingerprint density at radius 2 is 2.15 bits per heavy atom. The molecule has 4 nitrogen and oxygen atoms in total. The second-order valence-electron chi connectivity index (χ2n) is 4.50. The monoisotopic (exact) mass is 283 g/mol. The lowest BCUT2D eigenvalue weighted by molar-refractivity contribution is 0.104. The maximum Gasteiger partial charge on any atom is 0.207 e. The van der Waals surface area contributed by atoms with Crippen molar-refractivity contribution < 1.29 is 4.79 Å². The van der Waals surface area contributed by atoms with Crippen molar-refractivity contribution >= 4 is 28.2 Å². The number of fused-ring (bicyclic) bond motifs is 1. The van der Waals surface area contributed by atoms with Gasteiger partial charge in [0.05, 0.1) is 11.2 Å². The Morgan fingerprint density at radius 3 is 3.00 bits per heavy atom. The van der Waals surface area contributed by atoms with Crippen LogP contribution < -0.4 is 0 Å². The molecule has 0 aliphatic rings. The summed E-state index contributed by atoms with van der Waals surface area (Å²) < 4.78 is 3.92. The number of benzene rings is 1. The largest absolute Gasteiger partial charge is 0.288 e. The van der Waals surface area contributed by atoms with Crippen LogP contribution in [0.1, 0.15) is 34.3 Å².